The molecule has 1 N–H and O–H groups in total. The smallest absolute Gasteiger partial charge is 0.234 e. The average Bonchev–Trinajstić information content (AvgIpc) is 3.11. The monoisotopic (exact) mass is 336 g/mol. The number of benzene rings is 2. The minimum absolute atomic E-state index is 0.0602. The third-order valence-electron chi connectivity index (χ3n) is 5.20. The number of carbonyl (C=O) groups is 1. The van der Waals surface area contributed by atoms with Gasteiger partial charge in [-0.05, 0) is 30.5 Å². The highest BCUT2D eigenvalue weighted by Crippen LogP contribution is 2.31. The lowest BCUT2D eigenvalue weighted by Crippen LogP contribution is -2.39. The Morgan fingerprint density at radius 2 is 1.88 bits per heavy atom. The lowest BCUT2D eigenvalue weighted by atomic mass is 9.99. The third-order valence-corrected chi connectivity index (χ3v) is 5.20. The third kappa shape index (κ3) is 3.69. The lowest BCUT2D eigenvalue weighted by molar-refractivity contribution is -0.123. The molecule has 2 aromatic carbocycles. The number of nitrogens with one attached hydrogen (secondary N) is 1. The largest absolute Gasteiger partial charge is 0.493 e. The van der Waals surface area contributed by atoms with Crippen molar-refractivity contribution in [2.45, 2.75) is 24.8 Å². The quantitative estimate of drug-likeness (QED) is 0.933. The Kier molecular flexibility index (Phi) is 4.70. The van der Waals surface area contributed by atoms with Crippen molar-refractivity contribution in [2.24, 2.45) is 0 Å². The summed E-state index contributed by atoms with van der Waals surface area (Å²) in [6.45, 7) is 3.07. The number of carbonyl (C=O) groups excluding carboxylic acids is 1. The predicted octanol–water partition coefficient (Wildman–Crippen LogP) is 3.12. The van der Waals surface area contributed by atoms with Gasteiger partial charge in [-0.25, -0.2) is 0 Å². The Bertz CT molecular complexity index is 732. The molecule has 0 saturated carbocycles. The molecule has 0 unspecified atom stereocenters. The average molecular weight is 336 g/mol. The first-order valence-corrected chi connectivity index (χ1v) is 9.08. The van der Waals surface area contributed by atoms with Crippen LogP contribution in [0.15, 0.2) is 54.6 Å². The van der Waals surface area contributed by atoms with Crippen LogP contribution in [0.4, 0.5) is 0 Å². The van der Waals surface area contributed by atoms with Crippen molar-refractivity contribution in [1.82, 2.24) is 10.2 Å². The first-order valence-electron chi connectivity index (χ1n) is 9.08. The second-order valence-corrected chi connectivity index (χ2v) is 6.93. The molecular formula is C21H24N2O2. The first kappa shape index (κ1) is 16.2. The Morgan fingerprint density at radius 1 is 1.08 bits per heavy atom. The van der Waals surface area contributed by atoms with E-state index in [1.165, 1.54) is 5.56 Å². The van der Waals surface area contributed by atoms with Gasteiger partial charge in [-0.2, -0.15) is 0 Å². The number of amides is 1. The van der Waals surface area contributed by atoms with Crippen LogP contribution in [0.2, 0.25) is 0 Å². The number of fused-ring (bicyclic) bond motifs is 1. The van der Waals surface area contributed by atoms with Crippen LogP contribution in [0.1, 0.15) is 35.9 Å². The molecular weight excluding hydrogens is 312 g/mol. The van der Waals surface area contributed by atoms with Crippen molar-refractivity contribution in [3.63, 3.8) is 0 Å². The summed E-state index contributed by atoms with van der Waals surface area (Å²) in [6.07, 6.45) is 1.95. The summed E-state index contributed by atoms with van der Waals surface area (Å²) in [5, 5.41) is 3.20. The Labute approximate surface area is 148 Å². The van der Waals surface area contributed by atoms with Crippen molar-refractivity contribution >= 4 is 5.91 Å². The van der Waals surface area contributed by atoms with E-state index in [1.807, 2.05) is 24.3 Å². The molecule has 0 aromatic heterocycles. The fraction of sp³-hybridized carbons (Fsp3) is 0.381. The van der Waals surface area contributed by atoms with Crippen LogP contribution in [0.25, 0.3) is 0 Å². The normalized spacial score (nSPS) is 22.9. The summed E-state index contributed by atoms with van der Waals surface area (Å²) in [4.78, 5) is 14.8. The van der Waals surface area contributed by atoms with Crippen LogP contribution < -0.4 is 10.1 Å². The van der Waals surface area contributed by atoms with E-state index < -0.39 is 0 Å². The Balaban J connectivity index is 1.33. The van der Waals surface area contributed by atoms with Gasteiger partial charge in [-0.1, -0.05) is 48.5 Å². The zero-order valence-electron chi connectivity index (χ0n) is 14.4. The molecule has 2 atom stereocenters. The minimum Gasteiger partial charge on any atom is -0.493 e. The highest BCUT2D eigenvalue weighted by atomic mass is 16.5. The van der Waals surface area contributed by atoms with E-state index in [4.69, 9.17) is 4.74 Å². The van der Waals surface area contributed by atoms with Crippen molar-refractivity contribution in [3.8, 4) is 5.75 Å². The number of hydrogen-bond acceptors (Lipinski definition) is 3. The van der Waals surface area contributed by atoms with Gasteiger partial charge in [0.2, 0.25) is 5.91 Å². The van der Waals surface area contributed by atoms with E-state index in [2.05, 4.69) is 40.5 Å². The second kappa shape index (κ2) is 7.28. The lowest BCUT2D eigenvalue weighted by Gasteiger charge is -2.27. The van der Waals surface area contributed by atoms with Crippen molar-refractivity contribution in [3.05, 3.63) is 65.7 Å². The molecule has 25 heavy (non-hydrogen) atoms. The van der Waals surface area contributed by atoms with Crippen LogP contribution in [0.5, 0.6) is 5.75 Å². The SMILES string of the molecule is O=C(CN1CC[C@H](c2ccccc2)C1)N[C@@H]1CCOc2ccccc21. The maximum absolute atomic E-state index is 12.5. The van der Waals surface area contributed by atoms with Crippen LogP contribution in [-0.2, 0) is 4.79 Å². The molecule has 0 bridgehead atoms. The molecule has 0 spiro atoms. The number of para-hydroxylation sites is 1. The fourth-order valence-corrected chi connectivity index (χ4v) is 3.91. The second-order valence-electron chi connectivity index (χ2n) is 6.93. The van der Waals surface area contributed by atoms with Gasteiger partial charge in [0.15, 0.2) is 0 Å². The van der Waals surface area contributed by atoms with E-state index in [0.29, 0.717) is 19.1 Å². The molecule has 2 aliphatic heterocycles. The number of ether oxygens (including phenoxy) is 1. The summed E-state index contributed by atoms with van der Waals surface area (Å²) >= 11 is 0. The number of rotatable bonds is 4. The van der Waals surface area contributed by atoms with Gasteiger partial charge in [0.25, 0.3) is 0 Å². The summed E-state index contributed by atoms with van der Waals surface area (Å²) in [7, 11) is 0. The maximum atomic E-state index is 12.5. The molecule has 1 saturated heterocycles. The van der Waals surface area contributed by atoms with Crippen LogP contribution >= 0.6 is 0 Å². The van der Waals surface area contributed by atoms with Gasteiger partial charge in [0, 0.05) is 18.5 Å². The van der Waals surface area contributed by atoms with Gasteiger partial charge in [-0.15, -0.1) is 0 Å². The molecule has 1 fully saturated rings. The molecule has 0 aliphatic carbocycles. The van der Waals surface area contributed by atoms with Gasteiger partial charge in [0.05, 0.1) is 19.2 Å². The standard InChI is InChI=1S/C21H24N2O2/c24-21(22-19-11-13-25-20-9-5-4-8-18(19)20)15-23-12-10-17(14-23)16-6-2-1-3-7-16/h1-9,17,19H,10-15H2,(H,22,24)/t17-,19+/m0/s1. The zero-order chi connectivity index (χ0) is 17.1. The molecule has 2 aliphatic rings. The van der Waals surface area contributed by atoms with E-state index in [-0.39, 0.29) is 11.9 Å². The summed E-state index contributed by atoms with van der Waals surface area (Å²) < 4.78 is 5.67. The number of nitrogens with zero attached hydrogens (tertiary/aromatic N) is 1. The van der Waals surface area contributed by atoms with Gasteiger partial charge < -0.3 is 10.1 Å². The van der Waals surface area contributed by atoms with Gasteiger partial charge in [-0.3, -0.25) is 9.69 Å². The van der Waals surface area contributed by atoms with Gasteiger partial charge >= 0.3 is 0 Å². The summed E-state index contributed by atoms with van der Waals surface area (Å²) in [5.74, 6) is 1.54. The topological polar surface area (TPSA) is 41.6 Å². The van der Waals surface area contributed by atoms with Crippen molar-refractivity contribution in [2.75, 3.05) is 26.2 Å². The summed E-state index contributed by atoms with van der Waals surface area (Å²) in [5.41, 5.74) is 2.47. The van der Waals surface area contributed by atoms with E-state index in [0.717, 1.165) is 37.2 Å². The molecule has 130 valence electrons. The number of likely N-dealkylation sites (tertiary alicyclic amines) is 1. The molecule has 4 heteroatoms. The molecule has 2 aromatic rings. The first-order chi connectivity index (χ1) is 12.3. The highest BCUT2D eigenvalue weighted by molar-refractivity contribution is 5.78. The van der Waals surface area contributed by atoms with Gasteiger partial charge in [0.1, 0.15) is 5.75 Å². The molecule has 2 heterocycles. The predicted molar refractivity (Wildman–Crippen MR) is 97.7 cm³/mol. The van der Waals surface area contributed by atoms with Crippen LogP contribution in [-0.4, -0.2) is 37.0 Å². The van der Waals surface area contributed by atoms with E-state index in [9.17, 15) is 4.79 Å². The molecule has 0 radical (unpaired) electrons. The van der Waals surface area contributed by atoms with Crippen LogP contribution in [0.3, 0.4) is 0 Å². The van der Waals surface area contributed by atoms with E-state index >= 15 is 0 Å². The molecule has 4 rings (SSSR count). The molecule has 4 nitrogen and oxygen atoms in total. The van der Waals surface area contributed by atoms with Crippen LogP contribution in [0, 0.1) is 0 Å². The number of hydrogen-bond donors (Lipinski definition) is 1. The summed E-state index contributed by atoms with van der Waals surface area (Å²) in [6, 6.07) is 18.6. The maximum Gasteiger partial charge on any atom is 0.234 e. The fourth-order valence-electron chi connectivity index (χ4n) is 3.91. The van der Waals surface area contributed by atoms with Crippen molar-refractivity contribution in [1.29, 1.82) is 0 Å². The zero-order valence-corrected chi connectivity index (χ0v) is 14.4. The Morgan fingerprint density at radius 3 is 2.76 bits per heavy atom. The Hall–Kier alpha value is -2.33. The minimum atomic E-state index is 0.0602. The molecule has 1 amide bonds. The highest BCUT2D eigenvalue weighted by Gasteiger charge is 2.27. The van der Waals surface area contributed by atoms with E-state index in [1.54, 1.807) is 0 Å². The van der Waals surface area contributed by atoms with Crippen molar-refractivity contribution < 1.29 is 9.53 Å².